The summed E-state index contributed by atoms with van der Waals surface area (Å²) in [6, 6.07) is 15.5. The molecular formula is C23H23N3O4. The Labute approximate surface area is 174 Å². The molecule has 7 nitrogen and oxygen atoms in total. The summed E-state index contributed by atoms with van der Waals surface area (Å²) < 4.78 is 6.71. The maximum absolute atomic E-state index is 12.6. The van der Waals surface area contributed by atoms with Gasteiger partial charge in [-0.25, -0.2) is 4.79 Å². The van der Waals surface area contributed by atoms with E-state index in [1.807, 2.05) is 6.07 Å². The molecule has 0 saturated carbocycles. The molecule has 0 fully saturated rings. The number of carbonyl (C=O) groups is 3. The summed E-state index contributed by atoms with van der Waals surface area (Å²) in [6.07, 6.45) is 0. The first-order valence-electron chi connectivity index (χ1n) is 9.40. The van der Waals surface area contributed by atoms with Crippen LogP contribution >= 0.6 is 0 Å². The smallest absolute Gasteiger partial charge is 0.340 e. The zero-order chi connectivity index (χ0) is 21.8. The number of nitrogens with two attached hydrogens (primary N) is 1. The van der Waals surface area contributed by atoms with Crippen LogP contribution in [0.5, 0.6) is 0 Å². The lowest BCUT2D eigenvalue weighted by Crippen LogP contribution is -2.25. The van der Waals surface area contributed by atoms with Crippen molar-refractivity contribution in [3.63, 3.8) is 0 Å². The molecule has 0 aliphatic rings. The Morgan fingerprint density at radius 2 is 1.67 bits per heavy atom. The highest BCUT2D eigenvalue weighted by atomic mass is 16.5. The highest BCUT2D eigenvalue weighted by molar-refractivity contribution is 6.03. The van der Waals surface area contributed by atoms with Crippen molar-refractivity contribution in [2.45, 2.75) is 20.8 Å². The lowest BCUT2D eigenvalue weighted by Gasteiger charge is -2.12. The highest BCUT2D eigenvalue weighted by Gasteiger charge is 2.20. The van der Waals surface area contributed by atoms with Crippen molar-refractivity contribution in [2.75, 3.05) is 17.8 Å². The number of para-hydroxylation sites is 1. The summed E-state index contributed by atoms with van der Waals surface area (Å²) in [5, 5.41) is 0. The number of ether oxygens (including phenoxy) is 1. The van der Waals surface area contributed by atoms with Gasteiger partial charge in [0.05, 0.1) is 5.56 Å². The Bertz CT molecular complexity index is 1120. The maximum atomic E-state index is 12.6. The van der Waals surface area contributed by atoms with Gasteiger partial charge in [-0.15, -0.1) is 0 Å². The number of Topliss-reactive ketones (excluding diaryl/α,β-unsaturated/α-hetero) is 1. The van der Waals surface area contributed by atoms with Crippen LogP contribution in [0, 0.1) is 20.8 Å². The number of nitrogens with zero attached hydrogens (tertiary/aromatic N) is 1. The molecule has 3 N–H and O–H groups in total. The first-order valence-corrected chi connectivity index (χ1v) is 9.40. The quantitative estimate of drug-likeness (QED) is 0.372. The van der Waals surface area contributed by atoms with E-state index in [0.29, 0.717) is 28.2 Å². The number of amides is 1. The molecule has 2 aromatic carbocycles. The first-order chi connectivity index (χ1) is 14.3. The van der Waals surface area contributed by atoms with Gasteiger partial charge in [-0.05, 0) is 50.6 Å². The number of hydrogen-bond donors (Lipinski definition) is 2. The summed E-state index contributed by atoms with van der Waals surface area (Å²) >= 11 is 0. The molecule has 0 spiro atoms. The van der Waals surface area contributed by atoms with E-state index >= 15 is 0 Å². The topological polar surface area (TPSA) is 103 Å². The minimum Gasteiger partial charge on any atom is -0.454 e. The molecule has 0 bridgehead atoms. The molecule has 0 unspecified atom stereocenters. The lowest BCUT2D eigenvalue weighted by molar-refractivity contribution is 0.0475. The van der Waals surface area contributed by atoms with Gasteiger partial charge in [0.15, 0.2) is 6.61 Å². The Morgan fingerprint density at radius 3 is 2.37 bits per heavy atom. The fourth-order valence-electron chi connectivity index (χ4n) is 3.12. The molecule has 1 amide bonds. The van der Waals surface area contributed by atoms with E-state index in [4.69, 9.17) is 10.5 Å². The molecule has 0 radical (unpaired) electrons. The van der Waals surface area contributed by atoms with E-state index in [-0.39, 0.29) is 17.3 Å². The molecule has 30 heavy (non-hydrogen) atoms. The van der Waals surface area contributed by atoms with Crippen molar-refractivity contribution < 1.29 is 19.1 Å². The number of rotatable bonds is 6. The Kier molecular flexibility index (Phi) is 6.01. The van der Waals surface area contributed by atoms with Crippen molar-refractivity contribution >= 4 is 23.3 Å². The maximum Gasteiger partial charge on any atom is 0.340 e. The molecule has 0 atom stereocenters. The fourth-order valence-corrected chi connectivity index (χ4v) is 3.12. The molecule has 0 aliphatic carbocycles. The molecule has 7 heteroatoms. The second-order valence-corrected chi connectivity index (χ2v) is 6.96. The molecule has 1 heterocycles. The normalized spacial score (nSPS) is 10.5. The van der Waals surface area contributed by atoms with Gasteiger partial charge in [0.2, 0.25) is 5.78 Å². The molecule has 0 aliphatic heterocycles. The lowest BCUT2D eigenvalue weighted by atomic mass is 10.1. The summed E-state index contributed by atoms with van der Waals surface area (Å²) in [6.45, 7) is 4.85. The van der Waals surface area contributed by atoms with Crippen LogP contribution in [-0.4, -0.2) is 28.9 Å². The zero-order valence-electron chi connectivity index (χ0n) is 17.1. The number of esters is 1. The number of hydrogen-bond acceptors (Lipinski definition) is 5. The third-order valence-electron chi connectivity index (χ3n) is 4.86. The Morgan fingerprint density at radius 1 is 0.967 bits per heavy atom. The van der Waals surface area contributed by atoms with Crippen LogP contribution in [0.1, 0.15) is 48.0 Å². The predicted octanol–water partition coefficient (Wildman–Crippen LogP) is 3.42. The van der Waals surface area contributed by atoms with Crippen molar-refractivity contribution in [3.05, 3.63) is 88.2 Å². The van der Waals surface area contributed by atoms with E-state index in [0.717, 1.165) is 5.56 Å². The Balaban J connectivity index is 1.71. The van der Waals surface area contributed by atoms with Gasteiger partial charge >= 0.3 is 5.97 Å². The van der Waals surface area contributed by atoms with Crippen molar-refractivity contribution in [1.29, 1.82) is 0 Å². The minimum absolute atomic E-state index is 0.225. The molecular weight excluding hydrogens is 382 g/mol. The SMILES string of the molecule is Cc1cccc(C(=O)OCC(=O)c2cc(C)n(NC(=O)c3ccccc3)c2C)c1N. The number of nitrogens with one attached hydrogen (secondary N) is 1. The van der Waals surface area contributed by atoms with Crippen LogP contribution in [0.25, 0.3) is 0 Å². The van der Waals surface area contributed by atoms with Crippen LogP contribution in [0.3, 0.4) is 0 Å². The molecule has 1 aromatic heterocycles. The number of anilines is 1. The van der Waals surface area contributed by atoms with Gasteiger partial charge in [0.25, 0.3) is 5.91 Å². The average Bonchev–Trinajstić information content (AvgIpc) is 3.02. The zero-order valence-corrected chi connectivity index (χ0v) is 17.1. The van der Waals surface area contributed by atoms with Gasteiger partial charge in [-0.1, -0.05) is 30.3 Å². The van der Waals surface area contributed by atoms with Crippen LogP contribution in [-0.2, 0) is 4.74 Å². The van der Waals surface area contributed by atoms with Gasteiger partial charge in [0, 0.05) is 28.2 Å². The number of benzene rings is 2. The minimum atomic E-state index is -0.657. The highest BCUT2D eigenvalue weighted by Crippen LogP contribution is 2.19. The van der Waals surface area contributed by atoms with Gasteiger partial charge < -0.3 is 10.5 Å². The van der Waals surface area contributed by atoms with Crippen LogP contribution in [0.2, 0.25) is 0 Å². The molecule has 0 saturated heterocycles. The summed E-state index contributed by atoms with van der Waals surface area (Å²) in [5.74, 6) is -1.32. The summed E-state index contributed by atoms with van der Waals surface area (Å²) in [7, 11) is 0. The third kappa shape index (κ3) is 4.25. The van der Waals surface area contributed by atoms with Crippen molar-refractivity contribution in [2.24, 2.45) is 0 Å². The van der Waals surface area contributed by atoms with Crippen LogP contribution in [0.15, 0.2) is 54.6 Å². The van der Waals surface area contributed by atoms with Crippen LogP contribution < -0.4 is 11.2 Å². The van der Waals surface area contributed by atoms with E-state index in [2.05, 4.69) is 5.43 Å². The summed E-state index contributed by atoms with van der Waals surface area (Å²) in [5.41, 5.74) is 12.1. The van der Waals surface area contributed by atoms with E-state index in [1.165, 1.54) is 0 Å². The number of ketones is 1. The molecule has 154 valence electrons. The number of aromatic nitrogens is 1. The van der Waals surface area contributed by atoms with Gasteiger partial charge in [-0.3, -0.25) is 19.7 Å². The van der Waals surface area contributed by atoms with E-state index in [1.54, 1.807) is 74.0 Å². The first kappa shape index (κ1) is 20.9. The Hall–Kier alpha value is -3.87. The number of aryl methyl sites for hydroxylation is 2. The van der Waals surface area contributed by atoms with Gasteiger partial charge in [-0.2, -0.15) is 0 Å². The largest absolute Gasteiger partial charge is 0.454 e. The number of carbonyl (C=O) groups excluding carboxylic acids is 3. The predicted molar refractivity (Wildman–Crippen MR) is 114 cm³/mol. The standard InChI is InChI=1S/C23H23N3O4/c1-14-8-7-11-18(21(14)24)23(29)30-13-20(27)19-12-15(2)26(16(19)3)25-22(28)17-9-5-4-6-10-17/h4-12H,13,24H2,1-3H3,(H,25,28). The monoisotopic (exact) mass is 405 g/mol. The van der Waals surface area contributed by atoms with E-state index < -0.39 is 12.6 Å². The fraction of sp³-hybridized carbons (Fsp3) is 0.174. The second-order valence-electron chi connectivity index (χ2n) is 6.96. The number of nitrogen functional groups attached to an aromatic ring is 1. The third-order valence-corrected chi connectivity index (χ3v) is 4.86. The molecule has 3 aromatic rings. The van der Waals surface area contributed by atoms with E-state index in [9.17, 15) is 14.4 Å². The van der Waals surface area contributed by atoms with Crippen molar-refractivity contribution in [3.8, 4) is 0 Å². The molecule has 3 rings (SSSR count). The average molecular weight is 405 g/mol. The van der Waals surface area contributed by atoms with Crippen LogP contribution in [0.4, 0.5) is 5.69 Å². The second kappa shape index (κ2) is 8.65. The van der Waals surface area contributed by atoms with Gasteiger partial charge in [0.1, 0.15) is 0 Å². The summed E-state index contributed by atoms with van der Waals surface area (Å²) in [4.78, 5) is 37.4. The van der Waals surface area contributed by atoms with Crippen molar-refractivity contribution in [1.82, 2.24) is 4.68 Å².